The number of ether oxygens (including phenoxy) is 1. The van der Waals surface area contributed by atoms with Gasteiger partial charge in [0.15, 0.2) is 5.78 Å². The SMILES string of the molecule is CC(=O)C(=O)C(CC1CCC1)NC(=O)[C@@H]1[C@@H]2[C@H](CN1C(=O)[C@@H](NC(=O)OC(C)(C)C)C1CCCCC1)C2(Cl)Cl. The summed E-state index contributed by atoms with van der Waals surface area (Å²) < 4.78 is 4.29. The number of carbonyl (C=O) groups is 5. The number of hydrogen-bond acceptors (Lipinski definition) is 6. The lowest BCUT2D eigenvalue weighted by Gasteiger charge is -2.37. The van der Waals surface area contributed by atoms with Gasteiger partial charge in [-0.05, 0) is 51.9 Å². The van der Waals surface area contributed by atoms with Gasteiger partial charge in [0.2, 0.25) is 17.6 Å². The van der Waals surface area contributed by atoms with E-state index >= 15 is 0 Å². The predicted molar refractivity (Wildman–Crippen MR) is 146 cm³/mol. The Balaban J connectivity index is 1.55. The van der Waals surface area contributed by atoms with Crippen LogP contribution in [0.2, 0.25) is 0 Å². The molecule has 9 nitrogen and oxygen atoms in total. The molecule has 0 radical (unpaired) electrons. The van der Waals surface area contributed by atoms with Crippen molar-refractivity contribution in [3.05, 3.63) is 0 Å². The van der Waals surface area contributed by atoms with Gasteiger partial charge in [-0.25, -0.2) is 4.79 Å². The van der Waals surface area contributed by atoms with E-state index in [0.29, 0.717) is 6.42 Å². The first-order chi connectivity index (χ1) is 18.2. The summed E-state index contributed by atoms with van der Waals surface area (Å²) in [7, 11) is 0. The highest BCUT2D eigenvalue weighted by molar-refractivity contribution is 6.51. The van der Waals surface area contributed by atoms with E-state index in [2.05, 4.69) is 10.6 Å². The van der Waals surface area contributed by atoms with E-state index in [-0.39, 0.29) is 30.2 Å². The zero-order valence-electron chi connectivity index (χ0n) is 23.3. The lowest BCUT2D eigenvalue weighted by molar-refractivity contribution is -0.144. The Bertz CT molecular complexity index is 1000. The van der Waals surface area contributed by atoms with Crippen molar-refractivity contribution in [1.29, 1.82) is 0 Å². The molecular formula is C28H41Cl2N3O6. The number of alkyl carbamates (subject to hydrolysis) is 1. The van der Waals surface area contributed by atoms with Crippen molar-refractivity contribution in [3.63, 3.8) is 0 Å². The molecule has 4 fully saturated rings. The number of hydrogen-bond donors (Lipinski definition) is 2. The van der Waals surface area contributed by atoms with Gasteiger partial charge in [0.05, 0.1) is 6.04 Å². The van der Waals surface area contributed by atoms with Gasteiger partial charge < -0.3 is 20.3 Å². The van der Waals surface area contributed by atoms with Gasteiger partial charge in [-0.3, -0.25) is 19.2 Å². The molecule has 1 aliphatic heterocycles. The average Bonchev–Trinajstić information content (AvgIpc) is 3.15. The van der Waals surface area contributed by atoms with Crippen LogP contribution in [0.25, 0.3) is 0 Å². The van der Waals surface area contributed by atoms with Crippen molar-refractivity contribution in [1.82, 2.24) is 15.5 Å². The van der Waals surface area contributed by atoms with E-state index in [1.165, 1.54) is 11.8 Å². The smallest absolute Gasteiger partial charge is 0.408 e. The third-order valence-electron chi connectivity index (χ3n) is 8.72. The van der Waals surface area contributed by atoms with Crippen LogP contribution in [0.3, 0.4) is 0 Å². The number of likely N-dealkylation sites (tertiary alicyclic amines) is 1. The van der Waals surface area contributed by atoms with E-state index in [4.69, 9.17) is 27.9 Å². The molecular weight excluding hydrogens is 545 g/mol. The number of ketones is 2. The number of fused-ring (bicyclic) bond motifs is 1. The van der Waals surface area contributed by atoms with Crippen LogP contribution in [0.1, 0.15) is 85.5 Å². The predicted octanol–water partition coefficient (Wildman–Crippen LogP) is 3.92. The van der Waals surface area contributed by atoms with Crippen LogP contribution in [0.15, 0.2) is 0 Å². The highest BCUT2D eigenvalue weighted by atomic mass is 35.5. The summed E-state index contributed by atoms with van der Waals surface area (Å²) in [6, 6.07) is -2.82. The lowest BCUT2D eigenvalue weighted by atomic mass is 9.80. The van der Waals surface area contributed by atoms with Crippen LogP contribution in [0.5, 0.6) is 0 Å². The molecule has 4 rings (SSSR count). The summed E-state index contributed by atoms with van der Waals surface area (Å²) in [4.78, 5) is 66.6. The Morgan fingerprint density at radius 1 is 0.974 bits per heavy atom. The highest BCUT2D eigenvalue weighted by Gasteiger charge is 2.74. The minimum absolute atomic E-state index is 0.0955. The van der Waals surface area contributed by atoms with Gasteiger partial charge in [0.25, 0.3) is 0 Å². The molecule has 1 heterocycles. The molecule has 1 saturated heterocycles. The molecule has 2 N–H and O–H groups in total. The summed E-state index contributed by atoms with van der Waals surface area (Å²) in [5, 5.41) is 5.57. The number of amides is 3. The molecule has 0 aromatic carbocycles. The van der Waals surface area contributed by atoms with Gasteiger partial charge in [0.1, 0.15) is 22.0 Å². The number of nitrogens with zero attached hydrogens (tertiary/aromatic N) is 1. The maximum absolute atomic E-state index is 14.1. The van der Waals surface area contributed by atoms with Crippen molar-refractivity contribution in [2.24, 2.45) is 23.7 Å². The second-order valence-electron chi connectivity index (χ2n) is 12.8. The molecule has 1 unspecified atom stereocenters. The average molecular weight is 587 g/mol. The zero-order chi connectivity index (χ0) is 28.7. The van der Waals surface area contributed by atoms with Crippen molar-refractivity contribution in [3.8, 4) is 0 Å². The molecule has 39 heavy (non-hydrogen) atoms. The molecule has 0 spiro atoms. The minimum Gasteiger partial charge on any atom is -0.444 e. The fourth-order valence-corrected chi connectivity index (χ4v) is 7.22. The zero-order valence-corrected chi connectivity index (χ0v) is 24.8. The van der Waals surface area contributed by atoms with E-state index in [9.17, 15) is 24.0 Å². The fourth-order valence-electron chi connectivity index (χ4n) is 6.39. The summed E-state index contributed by atoms with van der Waals surface area (Å²) >= 11 is 13.0. The Kier molecular flexibility index (Phi) is 8.91. The van der Waals surface area contributed by atoms with Crippen LogP contribution in [0, 0.1) is 23.7 Å². The molecule has 0 aromatic heterocycles. The Morgan fingerprint density at radius 3 is 2.15 bits per heavy atom. The molecule has 4 aliphatic rings. The van der Waals surface area contributed by atoms with Crippen molar-refractivity contribution in [2.45, 2.75) is 114 Å². The number of alkyl halides is 2. The first kappa shape index (κ1) is 30.1. The largest absolute Gasteiger partial charge is 0.444 e. The Morgan fingerprint density at radius 2 is 1.62 bits per heavy atom. The Labute approximate surface area is 240 Å². The van der Waals surface area contributed by atoms with Crippen molar-refractivity contribution in [2.75, 3.05) is 6.54 Å². The molecule has 0 aromatic rings. The number of piperidine rings is 1. The van der Waals surface area contributed by atoms with Gasteiger partial charge in [-0.15, -0.1) is 23.2 Å². The molecule has 5 atom stereocenters. The van der Waals surface area contributed by atoms with Gasteiger partial charge in [-0.1, -0.05) is 38.5 Å². The standard InChI is InChI=1S/C28H41Cl2N3O6/c1-15(34)23(35)19(13-16-9-8-10-16)31-24(36)22-20-18(28(20,29)30)14-33(22)25(37)21(17-11-6-5-7-12-17)32-26(38)39-27(2,3)4/h16-22H,5-14H2,1-4H3,(H,31,36)(H,32,38)/t18-,19?,20-,21-,22-/m0/s1. The number of halogens is 2. The van der Waals surface area contributed by atoms with Crippen molar-refractivity contribution >= 4 is 52.7 Å². The van der Waals surface area contributed by atoms with Crippen LogP contribution >= 0.6 is 23.2 Å². The van der Waals surface area contributed by atoms with Crippen LogP contribution in [-0.4, -0.2) is 69.0 Å². The van der Waals surface area contributed by atoms with Gasteiger partial charge in [-0.2, -0.15) is 0 Å². The maximum atomic E-state index is 14.1. The normalized spacial score (nSPS) is 27.9. The summed E-state index contributed by atoms with van der Waals surface area (Å²) in [5.74, 6) is -2.82. The van der Waals surface area contributed by atoms with Crippen LogP contribution < -0.4 is 10.6 Å². The first-order valence-corrected chi connectivity index (χ1v) is 15.0. The topological polar surface area (TPSA) is 122 Å². The van der Waals surface area contributed by atoms with Crippen LogP contribution in [0.4, 0.5) is 4.79 Å². The molecule has 3 amide bonds. The third-order valence-corrected chi connectivity index (χ3v) is 9.78. The quantitative estimate of drug-likeness (QED) is 0.312. The minimum atomic E-state index is -1.16. The maximum Gasteiger partial charge on any atom is 0.408 e. The summed E-state index contributed by atoms with van der Waals surface area (Å²) in [6.45, 7) is 6.62. The highest BCUT2D eigenvalue weighted by Crippen LogP contribution is 2.65. The van der Waals surface area contributed by atoms with Crippen molar-refractivity contribution < 1.29 is 28.7 Å². The second kappa shape index (κ2) is 11.6. The summed E-state index contributed by atoms with van der Waals surface area (Å²) in [6.07, 6.45) is 7.16. The lowest BCUT2D eigenvalue weighted by Crippen LogP contribution is -2.59. The van der Waals surface area contributed by atoms with Crippen LogP contribution in [-0.2, 0) is 23.9 Å². The summed E-state index contributed by atoms with van der Waals surface area (Å²) in [5.41, 5.74) is -0.739. The molecule has 11 heteroatoms. The Hall–Kier alpha value is -1.87. The third kappa shape index (κ3) is 6.72. The van der Waals surface area contributed by atoms with Gasteiger partial charge >= 0.3 is 6.09 Å². The number of nitrogens with one attached hydrogen (secondary N) is 2. The molecule has 0 bridgehead atoms. The van der Waals surface area contributed by atoms with E-state index in [1.54, 1.807) is 20.8 Å². The molecule has 3 aliphatic carbocycles. The molecule has 218 valence electrons. The van der Waals surface area contributed by atoms with Gasteiger partial charge in [0, 0.05) is 25.3 Å². The number of Topliss-reactive ketones (excluding diaryl/α,β-unsaturated/α-hetero) is 2. The van der Waals surface area contributed by atoms with E-state index in [0.717, 1.165) is 51.4 Å². The number of rotatable bonds is 9. The second-order valence-corrected chi connectivity index (χ2v) is 14.2. The monoisotopic (exact) mass is 585 g/mol. The van der Waals surface area contributed by atoms with E-state index < -0.39 is 57.5 Å². The number of carbonyl (C=O) groups excluding carboxylic acids is 5. The molecule has 3 saturated carbocycles. The fraction of sp³-hybridized carbons (Fsp3) is 0.821. The first-order valence-electron chi connectivity index (χ1n) is 14.2. The van der Waals surface area contributed by atoms with E-state index in [1.807, 2.05) is 0 Å².